The quantitative estimate of drug-likeness (QED) is 0.724. The van der Waals surface area contributed by atoms with E-state index in [2.05, 4.69) is 9.97 Å². The van der Waals surface area contributed by atoms with E-state index in [-0.39, 0.29) is 23.5 Å². The average Bonchev–Trinajstić information content (AvgIpc) is 3.25. The van der Waals surface area contributed by atoms with E-state index in [9.17, 15) is 14.0 Å². The van der Waals surface area contributed by atoms with Gasteiger partial charge >= 0.3 is 0 Å². The number of pyridine rings is 1. The lowest BCUT2D eigenvalue weighted by molar-refractivity contribution is 0.0654. The zero-order chi connectivity index (χ0) is 20.8. The predicted octanol–water partition coefficient (Wildman–Crippen LogP) is 2.41. The van der Waals surface area contributed by atoms with Crippen molar-refractivity contribution in [3.63, 3.8) is 0 Å². The zero-order valence-corrected chi connectivity index (χ0v) is 16.2. The topological polar surface area (TPSA) is 94.1 Å². The van der Waals surface area contributed by atoms with Gasteiger partial charge in [0.1, 0.15) is 11.5 Å². The van der Waals surface area contributed by atoms with E-state index in [1.165, 1.54) is 18.3 Å². The molecular formula is C22H20FN5O2. The fraction of sp³-hybridized carbons (Fsp3) is 0.273. The summed E-state index contributed by atoms with van der Waals surface area (Å²) in [5.74, 6) is -0.979. The van der Waals surface area contributed by atoms with Gasteiger partial charge in [-0.25, -0.2) is 14.4 Å². The average molecular weight is 405 g/mol. The monoisotopic (exact) mass is 405 g/mol. The van der Waals surface area contributed by atoms with Crippen molar-refractivity contribution < 1.29 is 14.0 Å². The maximum Gasteiger partial charge on any atom is 0.276 e. The standard InChI is InChI=1S/C22H20FN5O2/c23-16-7-4-10-25-18(16)22(30)28-14-8-9-15(28)12-27-17(11-14)19(20(24)29)26-21(27)13-5-2-1-3-6-13/h1-7,10,14-15H,8-9,11-12H2,(H2,24,29). The molecule has 0 saturated carbocycles. The third-order valence-electron chi connectivity index (χ3n) is 5.98. The molecule has 2 aromatic heterocycles. The third kappa shape index (κ3) is 2.87. The molecule has 2 aliphatic rings. The Hall–Kier alpha value is -3.55. The van der Waals surface area contributed by atoms with Crippen LogP contribution >= 0.6 is 0 Å². The molecule has 0 aliphatic carbocycles. The molecule has 2 amide bonds. The summed E-state index contributed by atoms with van der Waals surface area (Å²) in [6, 6.07) is 12.0. The molecule has 30 heavy (non-hydrogen) atoms. The number of amides is 2. The fourth-order valence-electron chi connectivity index (χ4n) is 4.67. The van der Waals surface area contributed by atoms with Crippen LogP contribution in [-0.4, -0.2) is 43.3 Å². The summed E-state index contributed by atoms with van der Waals surface area (Å²) in [7, 11) is 0. The molecule has 5 rings (SSSR count). The van der Waals surface area contributed by atoms with Crippen LogP contribution in [0.4, 0.5) is 4.39 Å². The molecular weight excluding hydrogens is 385 g/mol. The Morgan fingerprint density at radius 3 is 2.53 bits per heavy atom. The van der Waals surface area contributed by atoms with E-state index in [0.29, 0.717) is 18.8 Å². The maximum absolute atomic E-state index is 14.2. The van der Waals surface area contributed by atoms with Gasteiger partial charge in [-0.05, 0) is 25.0 Å². The lowest BCUT2D eigenvalue weighted by Gasteiger charge is -2.28. The first-order valence-electron chi connectivity index (χ1n) is 9.92. The Balaban J connectivity index is 1.58. The van der Waals surface area contributed by atoms with Crippen LogP contribution in [0.5, 0.6) is 0 Å². The Labute approximate surface area is 172 Å². The van der Waals surface area contributed by atoms with E-state index in [4.69, 9.17) is 5.73 Å². The second-order valence-corrected chi connectivity index (χ2v) is 7.71. The van der Waals surface area contributed by atoms with Gasteiger partial charge < -0.3 is 15.2 Å². The van der Waals surface area contributed by atoms with Crippen LogP contribution < -0.4 is 5.73 Å². The molecule has 2 bridgehead atoms. The van der Waals surface area contributed by atoms with Gasteiger partial charge in [0.15, 0.2) is 11.5 Å². The number of nitrogens with zero attached hydrogens (tertiary/aromatic N) is 4. The molecule has 3 aromatic rings. The minimum Gasteiger partial charge on any atom is -0.364 e. The Morgan fingerprint density at radius 1 is 1.03 bits per heavy atom. The van der Waals surface area contributed by atoms with Crippen LogP contribution in [0.1, 0.15) is 39.5 Å². The second kappa shape index (κ2) is 7.05. The van der Waals surface area contributed by atoms with Gasteiger partial charge in [-0.1, -0.05) is 30.3 Å². The first kappa shape index (κ1) is 18.5. The van der Waals surface area contributed by atoms with Gasteiger partial charge in [0.25, 0.3) is 11.8 Å². The van der Waals surface area contributed by atoms with E-state index >= 15 is 0 Å². The van der Waals surface area contributed by atoms with Gasteiger partial charge in [-0.3, -0.25) is 9.59 Å². The van der Waals surface area contributed by atoms with Gasteiger partial charge in [-0.2, -0.15) is 0 Å². The van der Waals surface area contributed by atoms with Crippen molar-refractivity contribution in [1.82, 2.24) is 19.4 Å². The van der Waals surface area contributed by atoms with Crippen LogP contribution in [0, 0.1) is 5.82 Å². The lowest BCUT2D eigenvalue weighted by atomic mass is 10.1. The first-order valence-corrected chi connectivity index (χ1v) is 9.92. The summed E-state index contributed by atoms with van der Waals surface area (Å²) in [6.45, 7) is 0.469. The number of carbonyl (C=O) groups is 2. The van der Waals surface area contributed by atoms with Crippen LogP contribution in [0.25, 0.3) is 11.4 Å². The Kier molecular flexibility index (Phi) is 4.34. The minimum absolute atomic E-state index is 0.137. The molecule has 152 valence electrons. The summed E-state index contributed by atoms with van der Waals surface area (Å²) >= 11 is 0. The van der Waals surface area contributed by atoms with Gasteiger partial charge in [0.2, 0.25) is 0 Å². The van der Waals surface area contributed by atoms with Crippen molar-refractivity contribution in [3.05, 3.63) is 71.6 Å². The highest BCUT2D eigenvalue weighted by Gasteiger charge is 2.43. The zero-order valence-electron chi connectivity index (χ0n) is 16.2. The summed E-state index contributed by atoms with van der Waals surface area (Å²) in [4.78, 5) is 35.6. The molecule has 8 heteroatoms. The number of hydrogen-bond donors (Lipinski definition) is 1. The normalized spacial score (nSPS) is 20.0. The highest BCUT2D eigenvalue weighted by molar-refractivity contribution is 5.94. The number of nitrogens with two attached hydrogens (primary N) is 1. The summed E-state index contributed by atoms with van der Waals surface area (Å²) < 4.78 is 16.2. The lowest BCUT2D eigenvalue weighted by Crippen LogP contribution is -2.42. The fourth-order valence-corrected chi connectivity index (χ4v) is 4.67. The molecule has 0 radical (unpaired) electrons. The molecule has 2 N–H and O–H groups in total. The van der Waals surface area contributed by atoms with Crippen molar-refractivity contribution in [2.24, 2.45) is 5.73 Å². The predicted molar refractivity (Wildman–Crippen MR) is 107 cm³/mol. The van der Waals surface area contributed by atoms with E-state index < -0.39 is 17.6 Å². The number of primary amides is 1. The Bertz CT molecular complexity index is 1140. The third-order valence-corrected chi connectivity index (χ3v) is 5.98. The summed E-state index contributed by atoms with van der Waals surface area (Å²) in [5.41, 5.74) is 7.30. The summed E-state index contributed by atoms with van der Waals surface area (Å²) in [5, 5.41) is 0. The molecule has 0 spiro atoms. The van der Waals surface area contributed by atoms with Gasteiger partial charge in [0.05, 0.1) is 11.7 Å². The molecule has 4 heterocycles. The number of imidazole rings is 1. The number of benzene rings is 1. The Morgan fingerprint density at radius 2 is 1.80 bits per heavy atom. The number of halogens is 1. The second-order valence-electron chi connectivity index (χ2n) is 7.71. The van der Waals surface area contributed by atoms with Crippen LogP contribution in [-0.2, 0) is 13.0 Å². The van der Waals surface area contributed by atoms with Crippen molar-refractivity contribution >= 4 is 11.8 Å². The number of aromatic nitrogens is 3. The number of hydrogen-bond acceptors (Lipinski definition) is 4. The molecule has 1 aromatic carbocycles. The first-order chi connectivity index (χ1) is 14.5. The number of carbonyl (C=O) groups excluding carboxylic acids is 2. The van der Waals surface area contributed by atoms with Crippen molar-refractivity contribution in [1.29, 1.82) is 0 Å². The molecule has 1 saturated heterocycles. The number of fused-ring (bicyclic) bond motifs is 3. The number of rotatable bonds is 3. The minimum atomic E-state index is -0.629. The SMILES string of the molecule is NC(=O)c1nc(-c2ccccc2)n2c1CC1CCC(C2)N1C(=O)c1ncccc1F. The van der Waals surface area contributed by atoms with E-state index in [1.807, 2.05) is 34.9 Å². The van der Waals surface area contributed by atoms with Gasteiger partial charge in [-0.15, -0.1) is 0 Å². The van der Waals surface area contributed by atoms with Crippen molar-refractivity contribution in [2.45, 2.75) is 37.9 Å². The van der Waals surface area contributed by atoms with Crippen molar-refractivity contribution in [2.75, 3.05) is 0 Å². The molecule has 2 atom stereocenters. The van der Waals surface area contributed by atoms with E-state index in [0.717, 1.165) is 24.1 Å². The van der Waals surface area contributed by atoms with Crippen LogP contribution in [0.3, 0.4) is 0 Å². The largest absolute Gasteiger partial charge is 0.364 e. The molecule has 2 unspecified atom stereocenters. The van der Waals surface area contributed by atoms with Gasteiger partial charge in [0, 0.05) is 30.8 Å². The highest BCUT2D eigenvalue weighted by atomic mass is 19.1. The maximum atomic E-state index is 14.2. The van der Waals surface area contributed by atoms with E-state index in [1.54, 1.807) is 4.90 Å². The smallest absolute Gasteiger partial charge is 0.276 e. The highest BCUT2D eigenvalue weighted by Crippen LogP contribution is 2.36. The van der Waals surface area contributed by atoms with Crippen LogP contribution in [0.15, 0.2) is 48.7 Å². The van der Waals surface area contributed by atoms with Crippen LogP contribution in [0.2, 0.25) is 0 Å². The molecule has 1 fully saturated rings. The molecule has 7 nitrogen and oxygen atoms in total. The van der Waals surface area contributed by atoms with Crippen molar-refractivity contribution in [3.8, 4) is 11.4 Å². The summed E-state index contributed by atoms with van der Waals surface area (Å²) in [6.07, 6.45) is 3.43. The molecule has 2 aliphatic heterocycles.